The molecule has 1 aromatic carbocycles. The number of terminal acetylenes is 1. The molecule has 0 unspecified atom stereocenters. The zero-order chi connectivity index (χ0) is 11.1. The second-order valence-corrected chi connectivity index (χ2v) is 3.95. The topological polar surface area (TPSA) is 43.1 Å². The maximum absolute atomic E-state index is 10.9. The van der Waals surface area contributed by atoms with E-state index in [1.54, 1.807) is 6.07 Å². The van der Waals surface area contributed by atoms with Gasteiger partial charge in [-0.15, -0.1) is 6.42 Å². The Hall–Kier alpha value is -1.82. The molecule has 0 saturated heterocycles. The van der Waals surface area contributed by atoms with Crippen LogP contribution >= 0.6 is 0 Å². The Labute approximate surface area is 88.3 Å². The second-order valence-electron chi connectivity index (χ2n) is 3.95. The second kappa shape index (κ2) is 3.09. The van der Waals surface area contributed by atoms with Crippen LogP contribution in [0.5, 0.6) is 0 Å². The van der Waals surface area contributed by atoms with Crippen molar-refractivity contribution in [3.05, 3.63) is 39.4 Å². The van der Waals surface area contributed by atoms with E-state index in [4.69, 9.17) is 6.42 Å². The summed E-state index contributed by atoms with van der Waals surface area (Å²) in [5.74, 6) is 2.70. The van der Waals surface area contributed by atoms with Gasteiger partial charge in [0.05, 0.1) is 15.9 Å². The Bertz CT molecular complexity index is 467. The zero-order valence-corrected chi connectivity index (χ0v) is 8.49. The first kappa shape index (κ1) is 9.72. The number of benzene rings is 1. The van der Waals surface area contributed by atoms with Crippen LogP contribution in [-0.2, 0) is 5.41 Å². The molecule has 0 bridgehead atoms. The maximum atomic E-state index is 10.9. The van der Waals surface area contributed by atoms with Crippen molar-refractivity contribution >= 4 is 5.69 Å². The lowest BCUT2D eigenvalue weighted by atomic mass is 9.91. The van der Waals surface area contributed by atoms with Gasteiger partial charge in [-0.05, 0) is 25.3 Å². The molecule has 1 fully saturated rings. The number of aryl methyl sites for hydroxylation is 1. The molecule has 1 aliphatic rings. The van der Waals surface area contributed by atoms with Crippen LogP contribution in [0.2, 0.25) is 0 Å². The molecule has 0 spiro atoms. The van der Waals surface area contributed by atoms with Gasteiger partial charge in [0.15, 0.2) is 0 Å². The molecule has 3 nitrogen and oxygen atoms in total. The molecule has 1 aliphatic carbocycles. The lowest BCUT2D eigenvalue weighted by molar-refractivity contribution is -0.385. The molecular weight excluding hydrogens is 190 g/mol. The van der Waals surface area contributed by atoms with Gasteiger partial charge < -0.3 is 0 Å². The Balaban J connectivity index is 2.64. The summed E-state index contributed by atoms with van der Waals surface area (Å²) in [5.41, 5.74) is 1.44. The van der Waals surface area contributed by atoms with Gasteiger partial charge in [-0.3, -0.25) is 10.1 Å². The third-order valence-corrected chi connectivity index (χ3v) is 2.95. The van der Waals surface area contributed by atoms with Gasteiger partial charge in [0.1, 0.15) is 0 Å². The molecule has 1 saturated carbocycles. The average Bonchev–Trinajstić information content (AvgIpc) is 2.98. The molecule has 0 radical (unpaired) electrons. The van der Waals surface area contributed by atoms with Gasteiger partial charge in [-0.25, -0.2) is 0 Å². The highest BCUT2D eigenvalue weighted by molar-refractivity contribution is 5.56. The smallest absolute Gasteiger partial charge is 0.258 e. The lowest BCUT2D eigenvalue weighted by Gasteiger charge is -2.11. The molecule has 2 rings (SSSR count). The number of hydrogen-bond acceptors (Lipinski definition) is 2. The molecular formula is C12H11NO2. The predicted octanol–water partition coefficient (Wildman–Crippen LogP) is 2.57. The summed E-state index contributed by atoms with van der Waals surface area (Å²) in [6, 6.07) is 5.10. The van der Waals surface area contributed by atoms with Crippen molar-refractivity contribution in [2.24, 2.45) is 0 Å². The van der Waals surface area contributed by atoms with Crippen LogP contribution in [0.3, 0.4) is 0 Å². The van der Waals surface area contributed by atoms with Crippen LogP contribution in [0.4, 0.5) is 5.69 Å². The summed E-state index contributed by atoms with van der Waals surface area (Å²) in [5, 5.41) is 10.9. The van der Waals surface area contributed by atoms with Crippen LogP contribution in [0.15, 0.2) is 18.2 Å². The fourth-order valence-electron chi connectivity index (χ4n) is 2.02. The summed E-state index contributed by atoms with van der Waals surface area (Å²) in [4.78, 5) is 10.6. The summed E-state index contributed by atoms with van der Waals surface area (Å²) in [6.07, 6.45) is 7.18. The van der Waals surface area contributed by atoms with Crippen molar-refractivity contribution in [3.8, 4) is 12.3 Å². The van der Waals surface area contributed by atoms with E-state index in [9.17, 15) is 10.1 Å². The molecule has 15 heavy (non-hydrogen) atoms. The van der Waals surface area contributed by atoms with Gasteiger partial charge in [-0.1, -0.05) is 18.1 Å². The summed E-state index contributed by atoms with van der Waals surface area (Å²) >= 11 is 0. The molecule has 0 aromatic heterocycles. The largest absolute Gasteiger partial charge is 0.274 e. The quantitative estimate of drug-likeness (QED) is 0.419. The van der Waals surface area contributed by atoms with Crippen LogP contribution in [0, 0.1) is 29.4 Å². The summed E-state index contributed by atoms with van der Waals surface area (Å²) in [6.45, 7) is 1.87. The number of nitro benzene ring substituents is 1. The fraction of sp³-hybridized carbons (Fsp3) is 0.333. The Morgan fingerprint density at radius 1 is 1.53 bits per heavy atom. The lowest BCUT2D eigenvalue weighted by Crippen LogP contribution is -2.09. The SMILES string of the molecule is C#CC1(c2c(C)cccc2[N+](=O)[O-])CC1. The van der Waals surface area contributed by atoms with Crippen LogP contribution in [0.1, 0.15) is 24.0 Å². The van der Waals surface area contributed by atoms with Crippen LogP contribution in [-0.4, -0.2) is 4.92 Å². The Morgan fingerprint density at radius 2 is 2.20 bits per heavy atom. The first-order chi connectivity index (χ1) is 7.10. The molecule has 0 amide bonds. The minimum atomic E-state index is -0.367. The normalized spacial score (nSPS) is 16.8. The van der Waals surface area contributed by atoms with Crippen molar-refractivity contribution < 1.29 is 4.92 Å². The molecule has 76 valence electrons. The van der Waals surface area contributed by atoms with Gasteiger partial charge in [-0.2, -0.15) is 0 Å². The molecule has 0 atom stereocenters. The van der Waals surface area contributed by atoms with E-state index in [-0.39, 0.29) is 16.0 Å². The monoisotopic (exact) mass is 201 g/mol. The molecule has 3 heteroatoms. The molecule has 1 aromatic rings. The maximum Gasteiger partial charge on any atom is 0.274 e. The average molecular weight is 201 g/mol. The van der Waals surface area contributed by atoms with Crippen molar-refractivity contribution in [1.82, 2.24) is 0 Å². The van der Waals surface area contributed by atoms with E-state index in [2.05, 4.69) is 5.92 Å². The van der Waals surface area contributed by atoms with Crippen LogP contribution < -0.4 is 0 Å². The molecule has 0 heterocycles. The van der Waals surface area contributed by atoms with E-state index < -0.39 is 0 Å². The third-order valence-electron chi connectivity index (χ3n) is 2.95. The summed E-state index contributed by atoms with van der Waals surface area (Å²) < 4.78 is 0. The number of hydrogen-bond donors (Lipinski definition) is 0. The van der Waals surface area contributed by atoms with Crippen LogP contribution in [0.25, 0.3) is 0 Å². The Kier molecular flexibility index (Phi) is 2.01. The minimum absolute atomic E-state index is 0.158. The zero-order valence-electron chi connectivity index (χ0n) is 8.49. The number of nitrogens with zero attached hydrogens (tertiary/aromatic N) is 1. The fourth-order valence-corrected chi connectivity index (χ4v) is 2.02. The van der Waals surface area contributed by atoms with Gasteiger partial charge in [0.2, 0.25) is 0 Å². The van der Waals surface area contributed by atoms with Crippen molar-refractivity contribution in [2.45, 2.75) is 25.2 Å². The van der Waals surface area contributed by atoms with Crippen molar-refractivity contribution in [3.63, 3.8) is 0 Å². The van der Waals surface area contributed by atoms with E-state index >= 15 is 0 Å². The number of nitro groups is 1. The van der Waals surface area contributed by atoms with Crippen molar-refractivity contribution in [1.29, 1.82) is 0 Å². The highest BCUT2D eigenvalue weighted by Crippen LogP contribution is 2.51. The highest BCUT2D eigenvalue weighted by Gasteiger charge is 2.47. The van der Waals surface area contributed by atoms with Gasteiger partial charge in [0, 0.05) is 6.07 Å². The van der Waals surface area contributed by atoms with E-state index in [1.165, 1.54) is 6.07 Å². The van der Waals surface area contributed by atoms with E-state index in [0.29, 0.717) is 0 Å². The first-order valence-electron chi connectivity index (χ1n) is 4.83. The van der Waals surface area contributed by atoms with E-state index in [0.717, 1.165) is 24.0 Å². The minimum Gasteiger partial charge on any atom is -0.258 e. The summed E-state index contributed by atoms with van der Waals surface area (Å²) in [7, 11) is 0. The molecule has 0 aliphatic heterocycles. The standard InChI is InChI=1S/C12H11NO2/c1-3-12(7-8-12)11-9(2)5-4-6-10(11)13(14)15/h1,4-6H,7-8H2,2H3. The predicted molar refractivity (Wildman–Crippen MR) is 57.6 cm³/mol. The van der Waals surface area contributed by atoms with Gasteiger partial charge >= 0.3 is 0 Å². The molecule has 0 N–H and O–H groups in total. The first-order valence-corrected chi connectivity index (χ1v) is 4.83. The number of rotatable bonds is 2. The van der Waals surface area contributed by atoms with Gasteiger partial charge in [0.25, 0.3) is 5.69 Å². The Morgan fingerprint density at radius 3 is 2.67 bits per heavy atom. The third kappa shape index (κ3) is 1.39. The van der Waals surface area contributed by atoms with Crippen molar-refractivity contribution in [2.75, 3.05) is 0 Å². The van der Waals surface area contributed by atoms with E-state index in [1.807, 2.05) is 13.0 Å². The highest BCUT2D eigenvalue weighted by atomic mass is 16.6.